The lowest BCUT2D eigenvalue weighted by Crippen LogP contribution is -2.23. The summed E-state index contributed by atoms with van der Waals surface area (Å²) in [5.41, 5.74) is 1.66. The summed E-state index contributed by atoms with van der Waals surface area (Å²) in [5.74, 6) is 0.774. The molecular weight excluding hydrogens is 332 g/mol. The van der Waals surface area contributed by atoms with Crippen LogP contribution >= 0.6 is 15.9 Å². The van der Waals surface area contributed by atoms with Crippen LogP contribution in [0.5, 0.6) is 5.75 Å². The first-order chi connectivity index (χ1) is 10.2. The zero-order valence-electron chi connectivity index (χ0n) is 11.5. The Balaban J connectivity index is 1.90. The molecule has 0 aliphatic carbocycles. The lowest BCUT2D eigenvalue weighted by atomic mass is 10.2. The van der Waals surface area contributed by atoms with E-state index in [0.29, 0.717) is 0 Å². The fourth-order valence-corrected chi connectivity index (χ4v) is 2.09. The van der Waals surface area contributed by atoms with Gasteiger partial charge < -0.3 is 15.4 Å². The van der Waals surface area contributed by atoms with Gasteiger partial charge in [0, 0.05) is 16.4 Å². The molecule has 0 aliphatic heterocycles. The topological polar surface area (TPSA) is 50.4 Å². The van der Waals surface area contributed by atoms with Crippen molar-refractivity contribution in [2.75, 3.05) is 12.4 Å². The second-order valence-corrected chi connectivity index (χ2v) is 5.13. The first-order valence-corrected chi connectivity index (χ1v) is 7.10. The highest BCUT2D eigenvalue weighted by Gasteiger charge is 1.99. The minimum atomic E-state index is -0.299. The van der Waals surface area contributed by atoms with Crippen molar-refractivity contribution in [3.8, 4) is 5.75 Å². The van der Waals surface area contributed by atoms with Crippen LogP contribution in [0.3, 0.4) is 0 Å². The fourth-order valence-electron chi connectivity index (χ4n) is 1.69. The third kappa shape index (κ3) is 4.96. The highest BCUT2D eigenvalue weighted by atomic mass is 79.9. The number of carbonyl (C=O) groups is 1. The second-order valence-electron chi connectivity index (χ2n) is 4.22. The number of anilines is 1. The zero-order valence-corrected chi connectivity index (χ0v) is 13.1. The molecule has 2 N–H and O–H groups in total. The van der Waals surface area contributed by atoms with E-state index in [1.807, 2.05) is 48.5 Å². The first-order valence-electron chi connectivity index (χ1n) is 6.31. The van der Waals surface area contributed by atoms with Crippen LogP contribution in [0.25, 0.3) is 6.08 Å². The Kier molecular flexibility index (Phi) is 5.40. The Morgan fingerprint density at radius 2 is 2.00 bits per heavy atom. The molecule has 21 heavy (non-hydrogen) atoms. The molecule has 4 nitrogen and oxygen atoms in total. The number of halogens is 1. The monoisotopic (exact) mass is 346 g/mol. The summed E-state index contributed by atoms with van der Waals surface area (Å²) in [7, 11) is 1.62. The lowest BCUT2D eigenvalue weighted by molar-refractivity contribution is 0.255. The number of carbonyl (C=O) groups excluding carboxylic acids is 1. The van der Waals surface area contributed by atoms with Crippen molar-refractivity contribution in [2.45, 2.75) is 0 Å². The molecule has 0 fully saturated rings. The second kappa shape index (κ2) is 7.50. The number of ether oxygens (including phenoxy) is 1. The Morgan fingerprint density at radius 3 is 2.76 bits per heavy atom. The maximum atomic E-state index is 11.7. The van der Waals surface area contributed by atoms with E-state index in [-0.39, 0.29) is 6.03 Å². The number of hydrogen-bond donors (Lipinski definition) is 2. The molecule has 0 saturated heterocycles. The molecule has 0 heterocycles. The smallest absolute Gasteiger partial charge is 0.323 e. The standard InChI is InChI=1S/C16H15BrN2O2/c1-21-15-7-2-4-12(10-15)8-9-18-16(20)19-14-6-3-5-13(17)11-14/h2-11H,1H3,(H2,18,19,20)/b9-8+. The number of benzene rings is 2. The number of hydrogen-bond acceptors (Lipinski definition) is 2. The molecule has 108 valence electrons. The average Bonchev–Trinajstić information content (AvgIpc) is 2.47. The van der Waals surface area contributed by atoms with Crippen LogP contribution in [0, 0.1) is 0 Å². The van der Waals surface area contributed by atoms with Crippen LogP contribution in [0.4, 0.5) is 10.5 Å². The van der Waals surface area contributed by atoms with E-state index in [4.69, 9.17) is 4.74 Å². The van der Waals surface area contributed by atoms with Crippen molar-refractivity contribution in [2.24, 2.45) is 0 Å². The SMILES string of the molecule is COc1cccc(/C=C/NC(=O)Nc2cccc(Br)c2)c1. The molecule has 0 spiro atoms. The molecule has 2 aromatic carbocycles. The van der Waals surface area contributed by atoms with Gasteiger partial charge in [-0.15, -0.1) is 0 Å². The van der Waals surface area contributed by atoms with Gasteiger partial charge in [0.2, 0.25) is 0 Å². The van der Waals surface area contributed by atoms with Gasteiger partial charge in [-0.3, -0.25) is 0 Å². The summed E-state index contributed by atoms with van der Waals surface area (Å²) < 4.78 is 6.04. The third-order valence-corrected chi connectivity index (χ3v) is 3.16. The van der Waals surface area contributed by atoms with E-state index in [1.165, 1.54) is 0 Å². The predicted octanol–water partition coefficient (Wildman–Crippen LogP) is 4.25. The molecule has 0 aliphatic rings. The van der Waals surface area contributed by atoms with E-state index in [0.717, 1.165) is 21.5 Å². The summed E-state index contributed by atoms with van der Waals surface area (Å²) in [4.78, 5) is 11.7. The molecule has 2 rings (SSSR count). The van der Waals surface area contributed by atoms with E-state index >= 15 is 0 Å². The van der Waals surface area contributed by atoms with Crippen LogP contribution in [0.2, 0.25) is 0 Å². The Labute approximate surface area is 132 Å². The summed E-state index contributed by atoms with van der Waals surface area (Å²) in [6.07, 6.45) is 3.38. The van der Waals surface area contributed by atoms with Gasteiger partial charge >= 0.3 is 6.03 Å². The number of methoxy groups -OCH3 is 1. The van der Waals surface area contributed by atoms with Crippen LogP contribution in [-0.4, -0.2) is 13.1 Å². The van der Waals surface area contributed by atoms with E-state index in [2.05, 4.69) is 26.6 Å². The van der Waals surface area contributed by atoms with Crippen molar-refractivity contribution < 1.29 is 9.53 Å². The highest BCUT2D eigenvalue weighted by Crippen LogP contribution is 2.15. The van der Waals surface area contributed by atoms with Crippen molar-refractivity contribution >= 4 is 33.7 Å². The molecule has 0 bridgehead atoms. The Morgan fingerprint density at radius 1 is 1.19 bits per heavy atom. The molecule has 0 aromatic heterocycles. The first kappa shape index (κ1) is 15.1. The summed E-state index contributed by atoms with van der Waals surface area (Å²) >= 11 is 3.35. The minimum absolute atomic E-state index is 0.299. The largest absolute Gasteiger partial charge is 0.497 e. The minimum Gasteiger partial charge on any atom is -0.497 e. The van der Waals surface area contributed by atoms with Crippen LogP contribution < -0.4 is 15.4 Å². The zero-order chi connectivity index (χ0) is 15.1. The lowest BCUT2D eigenvalue weighted by Gasteiger charge is -2.05. The maximum absolute atomic E-state index is 11.7. The third-order valence-electron chi connectivity index (χ3n) is 2.67. The number of nitrogens with one attached hydrogen (secondary N) is 2. The van der Waals surface area contributed by atoms with Gasteiger partial charge in [-0.2, -0.15) is 0 Å². The quantitative estimate of drug-likeness (QED) is 0.869. The average molecular weight is 347 g/mol. The van der Waals surface area contributed by atoms with Crippen LogP contribution in [-0.2, 0) is 0 Å². The van der Waals surface area contributed by atoms with Gasteiger partial charge in [-0.25, -0.2) is 4.79 Å². The molecule has 0 radical (unpaired) electrons. The number of urea groups is 1. The van der Waals surface area contributed by atoms with Gasteiger partial charge in [-0.05, 0) is 42.0 Å². The van der Waals surface area contributed by atoms with E-state index in [9.17, 15) is 4.79 Å². The summed E-state index contributed by atoms with van der Waals surface area (Å²) in [6, 6.07) is 14.6. The van der Waals surface area contributed by atoms with Crippen molar-refractivity contribution in [1.82, 2.24) is 5.32 Å². The van der Waals surface area contributed by atoms with Crippen molar-refractivity contribution in [3.05, 3.63) is 64.8 Å². The maximum Gasteiger partial charge on any atom is 0.323 e. The summed E-state index contributed by atoms with van der Waals surface area (Å²) in [5, 5.41) is 5.39. The van der Waals surface area contributed by atoms with E-state index in [1.54, 1.807) is 19.4 Å². The summed E-state index contributed by atoms with van der Waals surface area (Å²) in [6.45, 7) is 0. The van der Waals surface area contributed by atoms with Gasteiger partial charge in [0.15, 0.2) is 0 Å². The molecule has 2 aromatic rings. The Hall–Kier alpha value is -2.27. The number of amides is 2. The molecule has 0 unspecified atom stereocenters. The predicted molar refractivity (Wildman–Crippen MR) is 88.3 cm³/mol. The van der Waals surface area contributed by atoms with E-state index < -0.39 is 0 Å². The molecule has 5 heteroatoms. The van der Waals surface area contributed by atoms with Crippen LogP contribution in [0.1, 0.15) is 5.56 Å². The van der Waals surface area contributed by atoms with Gasteiger partial charge in [-0.1, -0.05) is 34.1 Å². The molecule has 0 atom stereocenters. The van der Waals surface area contributed by atoms with Gasteiger partial charge in [0.05, 0.1) is 7.11 Å². The van der Waals surface area contributed by atoms with Crippen molar-refractivity contribution in [1.29, 1.82) is 0 Å². The molecule has 2 amide bonds. The van der Waals surface area contributed by atoms with Crippen molar-refractivity contribution in [3.63, 3.8) is 0 Å². The highest BCUT2D eigenvalue weighted by molar-refractivity contribution is 9.10. The molecule has 0 saturated carbocycles. The van der Waals surface area contributed by atoms with Crippen LogP contribution in [0.15, 0.2) is 59.2 Å². The van der Waals surface area contributed by atoms with Gasteiger partial charge in [0.25, 0.3) is 0 Å². The Bertz CT molecular complexity index is 656. The number of rotatable bonds is 4. The molecular formula is C16H15BrN2O2. The van der Waals surface area contributed by atoms with Gasteiger partial charge in [0.1, 0.15) is 5.75 Å². The fraction of sp³-hybridized carbons (Fsp3) is 0.0625. The normalized spacial score (nSPS) is 10.4.